The predicted molar refractivity (Wildman–Crippen MR) is 78.4 cm³/mol. The third-order valence-corrected chi connectivity index (χ3v) is 4.24. The van der Waals surface area contributed by atoms with Crippen molar-refractivity contribution < 1.29 is 4.39 Å². The molecule has 0 spiro atoms. The van der Waals surface area contributed by atoms with Crippen LogP contribution in [0.1, 0.15) is 29.2 Å². The van der Waals surface area contributed by atoms with Crippen molar-refractivity contribution in [3.8, 4) is 0 Å². The average Bonchev–Trinajstić information content (AvgIpc) is 2.78. The number of hydrogen-bond donors (Lipinski definition) is 1. The molecule has 5 heteroatoms. The molecule has 2 nitrogen and oxygen atoms in total. The Kier molecular flexibility index (Phi) is 4.91. The Hall–Kier alpha value is -0.970. The van der Waals surface area contributed by atoms with Gasteiger partial charge in [-0.2, -0.15) is 0 Å². The number of likely N-dealkylation sites (N-methyl/N-ethyl adjacent to an activating group) is 1. The van der Waals surface area contributed by atoms with E-state index in [0.29, 0.717) is 0 Å². The van der Waals surface area contributed by atoms with Crippen LogP contribution in [0.25, 0.3) is 0 Å². The minimum absolute atomic E-state index is 0.0150. The number of aryl methyl sites for hydroxylation is 1. The summed E-state index contributed by atoms with van der Waals surface area (Å²) in [5, 5.41) is 6.59. The molecule has 0 saturated carbocycles. The van der Waals surface area contributed by atoms with Crippen LogP contribution in [0.15, 0.2) is 23.6 Å². The molecule has 1 unspecified atom stereocenters. The van der Waals surface area contributed by atoms with Crippen LogP contribution in [0.5, 0.6) is 0 Å². The molecule has 0 bridgehead atoms. The molecule has 2 rings (SSSR count). The van der Waals surface area contributed by atoms with Gasteiger partial charge in [-0.1, -0.05) is 30.7 Å². The van der Waals surface area contributed by atoms with Gasteiger partial charge in [0.2, 0.25) is 0 Å². The van der Waals surface area contributed by atoms with Crippen LogP contribution >= 0.6 is 22.9 Å². The number of rotatable bonds is 5. The first-order valence-corrected chi connectivity index (χ1v) is 7.46. The number of halogens is 2. The first kappa shape index (κ1) is 14.4. The van der Waals surface area contributed by atoms with Gasteiger partial charge < -0.3 is 5.32 Å². The van der Waals surface area contributed by atoms with Crippen LogP contribution in [-0.2, 0) is 6.42 Å². The Morgan fingerprint density at radius 3 is 2.89 bits per heavy atom. The summed E-state index contributed by atoms with van der Waals surface area (Å²) in [6.07, 6.45) is 0.718. The van der Waals surface area contributed by atoms with Crippen LogP contribution in [0.3, 0.4) is 0 Å². The lowest BCUT2D eigenvalue weighted by Crippen LogP contribution is -2.23. The Labute approximate surface area is 121 Å². The number of thiazole rings is 1. The molecule has 0 aliphatic heterocycles. The third-order valence-electron chi connectivity index (χ3n) is 2.85. The molecule has 0 radical (unpaired) electrons. The Morgan fingerprint density at radius 2 is 2.26 bits per heavy atom. The largest absolute Gasteiger partial charge is 0.310 e. The highest BCUT2D eigenvalue weighted by atomic mass is 35.5. The van der Waals surface area contributed by atoms with E-state index in [0.717, 1.165) is 29.2 Å². The highest BCUT2D eigenvalue weighted by Gasteiger charge is 2.17. The normalized spacial score (nSPS) is 12.6. The predicted octanol–water partition coefficient (Wildman–Crippen LogP) is 4.14. The van der Waals surface area contributed by atoms with E-state index in [1.165, 1.54) is 6.07 Å². The lowest BCUT2D eigenvalue weighted by Gasteiger charge is -2.18. The standard InChI is InChI=1S/C14H16ClFN2S/c1-3-17-12(7-13-18-9(2)8-19-13)10-5-4-6-11(16)14(10)15/h4-6,8,12,17H,3,7H2,1-2H3. The van der Waals surface area contributed by atoms with Crippen molar-refractivity contribution in [3.63, 3.8) is 0 Å². The Morgan fingerprint density at radius 1 is 1.47 bits per heavy atom. The van der Waals surface area contributed by atoms with Gasteiger partial charge in [0.05, 0.1) is 10.0 Å². The fourth-order valence-electron chi connectivity index (χ4n) is 2.00. The Bertz CT molecular complexity index is 556. The first-order chi connectivity index (χ1) is 9.11. The second kappa shape index (κ2) is 6.46. The van der Waals surface area contributed by atoms with Crippen molar-refractivity contribution in [2.45, 2.75) is 26.3 Å². The van der Waals surface area contributed by atoms with E-state index in [-0.39, 0.29) is 16.9 Å². The SMILES string of the molecule is CCNC(Cc1nc(C)cs1)c1cccc(F)c1Cl. The van der Waals surface area contributed by atoms with E-state index in [1.54, 1.807) is 17.4 Å². The van der Waals surface area contributed by atoms with Gasteiger partial charge >= 0.3 is 0 Å². The number of nitrogens with zero attached hydrogens (tertiary/aromatic N) is 1. The summed E-state index contributed by atoms with van der Waals surface area (Å²) in [7, 11) is 0. The summed E-state index contributed by atoms with van der Waals surface area (Å²) in [5.74, 6) is -0.377. The minimum atomic E-state index is -0.377. The van der Waals surface area contributed by atoms with Crippen molar-refractivity contribution in [2.24, 2.45) is 0 Å². The van der Waals surface area contributed by atoms with Crippen LogP contribution in [0.4, 0.5) is 4.39 Å². The van der Waals surface area contributed by atoms with Crippen molar-refractivity contribution in [3.05, 3.63) is 50.7 Å². The first-order valence-electron chi connectivity index (χ1n) is 6.20. The second-order valence-corrected chi connectivity index (χ2v) is 5.66. The van der Waals surface area contributed by atoms with E-state index in [9.17, 15) is 4.39 Å². The maximum atomic E-state index is 13.5. The molecule has 1 N–H and O–H groups in total. The minimum Gasteiger partial charge on any atom is -0.310 e. The van der Waals surface area contributed by atoms with Crippen LogP contribution in [0, 0.1) is 12.7 Å². The molecule has 1 aromatic carbocycles. The molecule has 0 amide bonds. The van der Waals surface area contributed by atoms with Gasteiger partial charge in [0.1, 0.15) is 5.82 Å². The van der Waals surface area contributed by atoms with Gasteiger partial charge in [-0.3, -0.25) is 0 Å². The van der Waals surface area contributed by atoms with E-state index >= 15 is 0 Å². The highest BCUT2D eigenvalue weighted by molar-refractivity contribution is 7.09. The van der Waals surface area contributed by atoms with Crippen LogP contribution in [-0.4, -0.2) is 11.5 Å². The van der Waals surface area contributed by atoms with Gasteiger partial charge in [-0.05, 0) is 25.1 Å². The fourth-order valence-corrected chi connectivity index (χ4v) is 3.08. The fraction of sp³-hybridized carbons (Fsp3) is 0.357. The summed E-state index contributed by atoms with van der Waals surface area (Å²) in [6, 6.07) is 4.91. The van der Waals surface area contributed by atoms with E-state index in [2.05, 4.69) is 10.3 Å². The van der Waals surface area contributed by atoms with Gasteiger partial charge in [-0.25, -0.2) is 9.37 Å². The van der Waals surface area contributed by atoms with Crippen molar-refractivity contribution in [1.29, 1.82) is 0 Å². The lowest BCUT2D eigenvalue weighted by atomic mass is 10.0. The van der Waals surface area contributed by atoms with Crippen LogP contribution < -0.4 is 5.32 Å². The monoisotopic (exact) mass is 298 g/mol. The molecule has 0 fully saturated rings. The maximum Gasteiger partial charge on any atom is 0.142 e. The molecule has 1 atom stereocenters. The van der Waals surface area contributed by atoms with Gasteiger partial charge in [0.25, 0.3) is 0 Å². The van der Waals surface area contributed by atoms with Crippen LogP contribution in [0.2, 0.25) is 5.02 Å². The van der Waals surface area contributed by atoms with Gasteiger partial charge in [-0.15, -0.1) is 11.3 Å². The smallest absolute Gasteiger partial charge is 0.142 e. The second-order valence-electron chi connectivity index (χ2n) is 4.34. The molecular weight excluding hydrogens is 283 g/mol. The zero-order valence-electron chi connectivity index (χ0n) is 10.9. The third kappa shape index (κ3) is 3.53. The van der Waals surface area contributed by atoms with Crippen molar-refractivity contribution in [1.82, 2.24) is 10.3 Å². The summed E-state index contributed by atoms with van der Waals surface area (Å²) >= 11 is 7.68. The zero-order valence-corrected chi connectivity index (χ0v) is 12.5. The van der Waals surface area contributed by atoms with Gasteiger partial charge in [0.15, 0.2) is 0 Å². The van der Waals surface area contributed by atoms with Crippen molar-refractivity contribution in [2.75, 3.05) is 6.54 Å². The molecule has 102 valence electrons. The molecule has 0 aliphatic rings. The molecule has 1 aromatic heterocycles. The number of hydrogen-bond acceptors (Lipinski definition) is 3. The summed E-state index contributed by atoms with van der Waals surface area (Å²) in [6.45, 7) is 4.78. The van der Waals surface area contributed by atoms with E-state index < -0.39 is 0 Å². The number of benzene rings is 1. The Balaban J connectivity index is 2.26. The van der Waals surface area contributed by atoms with E-state index in [1.807, 2.05) is 25.3 Å². The summed E-state index contributed by atoms with van der Waals surface area (Å²) < 4.78 is 13.5. The maximum absolute atomic E-state index is 13.5. The average molecular weight is 299 g/mol. The highest BCUT2D eigenvalue weighted by Crippen LogP contribution is 2.28. The quantitative estimate of drug-likeness (QED) is 0.897. The number of aromatic nitrogens is 1. The molecular formula is C14H16ClFN2S. The summed E-state index contributed by atoms with van der Waals surface area (Å²) in [5.41, 5.74) is 1.80. The van der Waals surface area contributed by atoms with Crippen molar-refractivity contribution >= 4 is 22.9 Å². The number of nitrogens with one attached hydrogen (secondary N) is 1. The molecule has 1 heterocycles. The van der Waals surface area contributed by atoms with E-state index in [4.69, 9.17) is 11.6 Å². The molecule has 2 aromatic rings. The summed E-state index contributed by atoms with van der Waals surface area (Å²) in [4.78, 5) is 4.45. The topological polar surface area (TPSA) is 24.9 Å². The lowest BCUT2D eigenvalue weighted by molar-refractivity contribution is 0.541. The molecule has 0 saturated heterocycles. The zero-order chi connectivity index (χ0) is 13.8. The van der Waals surface area contributed by atoms with Gasteiger partial charge in [0, 0.05) is 23.5 Å². The molecule has 19 heavy (non-hydrogen) atoms. The molecule has 0 aliphatic carbocycles.